The Morgan fingerprint density at radius 1 is 1.45 bits per heavy atom. The minimum absolute atomic E-state index is 0.119. The number of amides is 1. The first-order chi connectivity index (χ1) is 9.43. The van der Waals surface area contributed by atoms with Crippen LogP contribution in [0.2, 0.25) is 0 Å². The van der Waals surface area contributed by atoms with Crippen LogP contribution in [0, 0.1) is 10.1 Å². The molecule has 8 heteroatoms. The molecule has 1 atom stereocenters. The minimum Gasteiger partial charge on any atom is -0.480 e. The summed E-state index contributed by atoms with van der Waals surface area (Å²) in [6.07, 6.45) is 2.34. The number of hydrogen-bond donors (Lipinski definition) is 3. The lowest BCUT2D eigenvalue weighted by molar-refractivity contribution is -0.384. The molecule has 0 saturated carbocycles. The van der Waals surface area contributed by atoms with E-state index >= 15 is 0 Å². The van der Waals surface area contributed by atoms with Gasteiger partial charge < -0.3 is 15.5 Å². The number of rotatable bonds is 6. The third-order valence-corrected chi connectivity index (χ3v) is 2.31. The molecule has 1 unspecified atom stereocenters. The van der Waals surface area contributed by atoms with Gasteiger partial charge in [0.2, 0.25) is 5.91 Å². The molecule has 20 heavy (non-hydrogen) atoms. The highest BCUT2D eigenvalue weighted by Gasteiger charge is 2.17. The molecule has 1 aromatic carbocycles. The molecule has 0 radical (unpaired) electrons. The van der Waals surface area contributed by atoms with Crippen molar-refractivity contribution < 1.29 is 24.7 Å². The predicted octanol–water partition coefficient (Wildman–Crippen LogP) is 0.170. The average molecular weight is 280 g/mol. The lowest BCUT2D eigenvalue weighted by Crippen LogP contribution is -2.42. The van der Waals surface area contributed by atoms with Crippen molar-refractivity contribution in [3.8, 4) is 0 Å². The van der Waals surface area contributed by atoms with Gasteiger partial charge in [0.15, 0.2) is 6.04 Å². The van der Waals surface area contributed by atoms with Crippen molar-refractivity contribution in [2.24, 2.45) is 0 Å². The predicted molar refractivity (Wildman–Crippen MR) is 68.8 cm³/mol. The number of aliphatic hydroxyl groups excluding tert-OH is 1. The summed E-state index contributed by atoms with van der Waals surface area (Å²) in [5, 5.41) is 30.0. The van der Waals surface area contributed by atoms with Gasteiger partial charge in [-0.2, -0.15) is 0 Å². The maximum atomic E-state index is 11.4. The van der Waals surface area contributed by atoms with E-state index in [1.165, 1.54) is 24.3 Å². The van der Waals surface area contributed by atoms with Gasteiger partial charge in [-0.05, 0) is 11.6 Å². The number of carboxylic acids is 1. The average Bonchev–Trinajstić information content (AvgIpc) is 2.42. The Hall–Kier alpha value is -2.74. The number of benzene rings is 1. The van der Waals surface area contributed by atoms with Crippen molar-refractivity contribution in [2.75, 3.05) is 6.61 Å². The number of carboxylic acid groups (broad SMARTS) is 1. The van der Waals surface area contributed by atoms with E-state index in [0.717, 1.165) is 6.08 Å². The lowest BCUT2D eigenvalue weighted by atomic mass is 10.2. The zero-order valence-electron chi connectivity index (χ0n) is 10.2. The Kier molecular flexibility index (Phi) is 5.36. The van der Waals surface area contributed by atoms with E-state index in [2.05, 4.69) is 5.32 Å². The quantitative estimate of drug-likeness (QED) is 0.387. The molecule has 0 spiro atoms. The van der Waals surface area contributed by atoms with Crippen molar-refractivity contribution in [1.82, 2.24) is 5.32 Å². The van der Waals surface area contributed by atoms with Crippen LogP contribution in [0.15, 0.2) is 30.3 Å². The fourth-order valence-corrected chi connectivity index (χ4v) is 1.32. The number of nitro groups is 1. The third-order valence-electron chi connectivity index (χ3n) is 2.31. The van der Waals surface area contributed by atoms with Gasteiger partial charge in [-0.25, -0.2) is 4.79 Å². The Labute approximate surface area is 113 Å². The van der Waals surface area contributed by atoms with Crippen LogP contribution in [-0.2, 0) is 9.59 Å². The van der Waals surface area contributed by atoms with Crippen molar-refractivity contribution in [3.05, 3.63) is 46.0 Å². The number of nitro benzene ring substituents is 1. The third kappa shape index (κ3) is 4.50. The van der Waals surface area contributed by atoms with Crippen LogP contribution < -0.4 is 5.32 Å². The first-order valence-electron chi connectivity index (χ1n) is 5.50. The van der Waals surface area contributed by atoms with Gasteiger partial charge in [0.1, 0.15) is 0 Å². The molecule has 0 fully saturated rings. The first kappa shape index (κ1) is 15.3. The molecule has 0 aromatic heterocycles. The van der Waals surface area contributed by atoms with Gasteiger partial charge in [-0.3, -0.25) is 14.9 Å². The SMILES string of the molecule is O=C(/C=C/c1cccc([N+](=O)[O-])c1)NC(CO)C(=O)O. The monoisotopic (exact) mass is 280 g/mol. The minimum atomic E-state index is -1.39. The number of carbonyl (C=O) groups is 2. The number of carbonyl (C=O) groups excluding carboxylic acids is 1. The molecule has 0 saturated heterocycles. The van der Waals surface area contributed by atoms with E-state index < -0.39 is 29.4 Å². The number of hydrogen-bond acceptors (Lipinski definition) is 5. The van der Waals surface area contributed by atoms with Crippen LogP contribution in [-0.4, -0.2) is 39.7 Å². The maximum absolute atomic E-state index is 11.4. The normalized spacial score (nSPS) is 12.1. The summed E-state index contributed by atoms with van der Waals surface area (Å²) in [4.78, 5) is 32.0. The van der Waals surface area contributed by atoms with Gasteiger partial charge in [0, 0.05) is 18.2 Å². The molecule has 106 valence electrons. The van der Waals surface area contributed by atoms with Gasteiger partial charge in [-0.15, -0.1) is 0 Å². The number of non-ortho nitro benzene ring substituents is 1. The van der Waals surface area contributed by atoms with Crippen LogP contribution in [0.4, 0.5) is 5.69 Å². The van der Waals surface area contributed by atoms with E-state index in [-0.39, 0.29) is 5.69 Å². The van der Waals surface area contributed by atoms with E-state index in [1.54, 1.807) is 6.07 Å². The summed E-state index contributed by atoms with van der Waals surface area (Å²) in [6, 6.07) is 4.20. The zero-order chi connectivity index (χ0) is 15.1. The molecule has 1 aromatic rings. The molecule has 0 aliphatic carbocycles. The summed E-state index contributed by atoms with van der Waals surface area (Å²) in [5.41, 5.74) is 0.302. The molecule has 0 heterocycles. The van der Waals surface area contributed by atoms with Crippen molar-refractivity contribution in [2.45, 2.75) is 6.04 Å². The molecule has 0 aliphatic rings. The number of nitrogens with one attached hydrogen (secondary N) is 1. The maximum Gasteiger partial charge on any atom is 0.328 e. The molecule has 1 rings (SSSR count). The highest BCUT2D eigenvalue weighted by molar-refractivity contribution is 5.94. The molecule has 0 bridgehead atoms. The van der Waals surface area contributed by atoms with Crippen molar-refractivity contribution >= 4 is 23.6 Å². The van der Waals surface area contributed by atoms with Gasteiger partial charge in [-0.1, -0.05) is 12.1 Å². The summed E-state index contributed by atoms with van der Waals surface area (Å²) < 4.78 is 0. The Bertz CT molecular complexity index is 555. The fourth-order valence-electron chi connectivity index (χ4n) is 1.32. The Morgan fingerprint density at radius 3 is 2.70 bits per heavy atom. The molecular weight excluding hydrogens is 268 g/mol. The molecule has 8 nitrogen and oxygen atoms in total. The summed E-state index contributed by atoms with van der Waals surface area (Å²) >= 11 is 0. The topological polar surface area (TPSA) is 130 Å². The largest absolute Gasteiger partial charge is 0.480 e. The molecule has 0 aliphatic heterocycles. The second-order valence-electron chi connectivity index (χ2n) is 3.77. The van der Waals surface area contributed by atoms with Gasteiger partial charge in [0.25, 0.3) is 5.69 Å². The van der Waals surface area contributed by atoms with Crippen molar-refractivity contribution in [3.63, 3.8) is 0 Å². The van der Waals surface area contributed by atoms with E-state index in [9.17, 15) is 19.7 Å². The Morgan fingerprint density at radius 2 is 2.15 bits per heavy atom. The van der Waals surface area contributed by atoms with Crippen LogP contribution in [0.25, 0.3) is 6.08 Å². The van der Waals surface area contributed by atoms with Crippen LogP contribution in [0.5, 0.6) is 0 Å². The highest BCUT2D eigenvalue weighted by Crippen LogP contribution is 2.13. The molecule has 3 N–H and O–H groups in total. The number of aliphatic hydroxyl groups is 1. The summed E-state index contributed by atoms with van der Waals surface area (Å²) in [6.45, 7) is -0.730. The standard InChI is InChI=1S/C12H12N2O6/c15-7-10(12(17)18)13-11(16)5-4-8-2-1-3-9(6-8)14(19)20/h1-6,10,15H,7H2,(H,13,16)(H,17,18)/b5-4+. The van der Waals surface area contributed by atoms with Gasteiger partial charge >= 0.3 is 5.97 Å². The second-order valence-corrected chi connectivity index (χ2v) is 3.77. The van der Waals surface area contributed by atoms with E-state index in [0.29, 0.717) is 5.56 Å². The Balaban J connectivity index is 2.72. The number of aliphatic carboxylic acids is 1. The summed E-state index contributed by atoms with van der Waals surface area (Å²) in [7, 11) is 0. The smallest absolute Gasteiger partial charge is 0.328 e. The lowest BCUT2D eigenvalue weighted by Gasteiger charge is -2.09. The molecular formula is C12H12N2O6. The second kappa shape index (κ2) is 7.00. The van der Waals surface area contributed by atoms with Crippen LogP contribution in [0.1, 0.15) is 5.56 Å². The zero-order valence-corrected chi connectivity index (χ0v) is 10.2. The van der Waals surface area contributed by atoms with E-state index in [1.807, 2.05) is 0 Å². The fraction of sp³-hybridized carbons (Fsp3) is 0.167. The highest BCUT2D eigenvalue weighted by atomic mass is 16.6. The van der Waals surface area contributed by atoms with Crippen LogP contribution in [0.3, 0.4) is 0 Å². The van der Waals surface area contributed by atoms with Gasteiger partial charge in [0.05, 0.1) is 11.5 Å². The molecule has 1 amide bonds. The first-order valence-corrected chi connectivity index (χ1v) is 5.50. The summed E-state index contributed by atoms with van der Waals surface area (Å²) in [5.74, 6) is -2.08. The number of nitrogens with zero attached hydrogens (tertiary/aromatic N) is 1. The van der Waals surface area contributed by atoms with E-state index in [4.69, 9.17) is 10.2 Å². The van der Waals surface area contributed by atoms with Crippen molar-refractivity contribution in [1.29, 1.82) is 0 Å². The van der Waals surface area contributed by atoms with Crippen LogP contribution >= 0.6 is 0 Å².